The zero-order valence-corrected chi connectivity index (χ0v) is 15.1. The van der Waals surface area contributed by atoms with Crippen molar-refractivity contribution >= 4 is 11.8 Å². The lowest BCUT2D eigenvalue weighted by Gasteiger charge is -2.12. The van der Waals surface area contributed by atoms with Crippen molar-refractivity contribution in [2.45, 2.75) is 33.4 Å². The van der Waals surface area contributed by atoms with Gasteiger partial charge in [-0.25, -0.2) is 0 Å². The van der Waals surface area contributed by atoms with E-state index in [0.29, 0.717) is 23.4 Å². The number of hydrogen-bond acceptors (Lipinski definition) is 3. The summed E-state index contributed by atoms with van der Waals surface area (Å²) in [6.45, 7) is 6.08. The van der Waals surface area contributed by atoms with Crippen LogP contribution < -0.4 is 15.4 Å². The van der Waals surface area contributed by atoms with E-state index in [0.717, 1.165) is 11.1 Å². The second-order valence-electron chi connectivity index (χ2n) is 6.21. The summed E-state index contributed by atoms with van der Waals surface area (Å²) in [5.74, 6) is 0.203. The number of carbonyl (C=O) groups excluding carboxylic acids is 2. The Labute approximate surface area is 148 Å². The summed E-state index contributed by atoms with van der Waals surface area (Å²) in [4.78, 5) is 24.5. The fourth-order valence-corrected chi connectivity index (χ4v) is 2.44. The predicted molar refractivity (Wildman–Crippen MR) is 97.9 cm³/mol. The number of methoxy groups -OCH3 is 1. The highest BCUT2D eigenvalue weighted by Gasteiger charge is 2.13. The van der Waals surface area contributed by atoms with Gasteiger partial charge >= 0.3 is 0 Å². The van der Waals surface area contributed by atoms with Gasteiger partial charge < -0.3 is 15.4 Å². The summed E-state index contributed by atoms with van der Waals surface area (Å²) in [7, 11) is 1.54. The molecule has 0 radical (unpaired) electrons. The van der Waals surface area contributed by atoms with Crippen molar-refractivity contribution in [3.05, 3.63) is 64.7 Å². The Morgan fingerprint density at radius 1 is 1.08 bits per heavy atom. The van der Waals surface area contributed by atoms with Crippen LogP contribution in [0.5, 0.6) is 5.75 Å². The average molecular weight is 340 g/mol. The summed E-state index contributed by atoms with van der Waals surface area (Å²) >= 11 is 0. The van der Waals surface area contributed by atoms with Crippen molar-refractivity contribution in [3.8, 4) is 5.75 Å². The summed E-state index contributed by atoms with van der Waals surface area (Å²) in [6.07, 6.45) is 0. The third-order valence-corrected chi connectivity index (χ3v) is 3.66. The highest BCUT2D eigenvalue weighted by atomic mass is 16.5. The molecule has 0 fully saturated rings. The molecule has 25 heavy (non-hydrogen) atoms. The maximum Gasteiger partial charge on any atom is 0.255 e. The molecule has 0 aliphatic heterocycles. The van der Waals surface area contributed by atoms with Crippen LogP contribution in [0.15, 0.2) is 42.5 Å². The lowest BCUT2D eigenvalue weighted by atomic mass is 10.1. The number of ether oxygens (including phenoxy) is 1. The third kappa shape index (κ3) is 5.08. The molecule has 0 spiro atoms. The lowest BCUT2D eigenvalue weighted by Crippen LogP contribution is -2.30. The molecule has 2 aromatic carbocycles. The van der Waals surface area contributed by atoms with Gasteiger partial charge in [-0.2, -0.15) is 0 Å². The zero-order chi connectivity index (χ0) is 18.4. The Hall–Kier alpha value is -2.82. The topological polar surface area (TPSA) is 67.4 Å². The van der Waals surface area contributed by atoms with Gasteiger partial charge in [0.15, 0.2) is 0 Å². The monoisotopic (exact) mass is 340 g/mol. The Bertz CT molecular complexity index is 769. The van der Waals surface area contributed by atoms with E-state index in [-0.39, 0.29) is 17.9 Å². The Balaban J connectivity index is 2.08. The molecule has 2 N–H and O–H groups in total. The number of amides is 2. The minimum atomic E-state index is -0.211. The third-order valence-electron chi connectivity index (χ3n) is 3.66. The van der Waals surface area contributed by atoms with Crippen LogP contribution in [-0.4, -0.2) is 25.0 Å². The van der Waals surface area contributed by atoms with E-state index < -0.39 is 0 Å². The second kappa shape index (κ2) is 8.33. The van der Waals surface area contributed by atoms with Crippen LogP contribution in [0.1, 0.15) is 45.7 Å². The second-order valence-corrected chi connectivity index (χ2v) is 6.21. The van der Waals surface area contributed by atoms with Crippen LogP contribution in [0.4, 0.5) is 0 Å². The SMILES string of the molecule is COc1ccc(C)cc1C(=O)NCc1cccc(C(=O)NC(C)C)c1. The first-order valence-electron chi connectivity index (χ1n) is 8.23. The van der Waals surface area contributed by atoms with E-state index in [1.165, 1.54) is 7.11 Å². The molecule has 0 saturated heterocycles. The van der Waals surface area contributed by atoms with E-state index in [1.807, 2.05) is 39.0 Å². The molecule has 132 valence electrons. The fourth-order valence-electron chi connectivity index (χ4n) is 2.44. The molecule has 5 heteroatoms. The van der Waals surface area contributed by atoms with Gasteiger partial charge in [-0.1, -0.05) is 23.8 Å². The number of carbonyl (C=O) groups is 2. The number of benzene rings is 2. The number of hydrogen-bond donors (Lipinski definition) is 2. The van der Waals surface area contributed by atoms with E-state index in [4.69, 9.17) is 4.74 Å². The van der Waals surface area contributed by atoms with Crippen molar-refractivity contribution in [1.29, 1.82) is 0 Å². The molecule has 0 bridgehead atoms. The highest BCUT2D eigenvalue weighted by Crippen LogP contribution is 2.19. The summed E-state index contributed by atoms with van der Waals surface area (Å²) in [5, 5.41) is 5.73. The molecule has 5 nitrogen and oxygen atoms in total. The van der Waals surface area contributed by atoms with Crippen molar-refractivity contribution in [1.82, 2.24) is 10.6 Å². The van der Waals surface area contributed by atoms with Gasteiger partial charge in [-0.3, -0.25) is 9.59 Å². The number of nitrogens with one attached hydrogen (secondary N) is 2. The fraction of sp³-hybridized carbons (Fsp3) is 0.300. The number of rotatable bonds is 6. The van der Waals surface area contributed by atoms with Crippen LogP contribution in [0.3, 0.4) is 0 Å². The lowest BCUT2D eigenvalue weighted by molar-refractivity contribution is 0.0938. The first kappa shape index (κ1) is 18.5. The largest absolute Gasteiger partial charge is 0.496 e. The van der Waals surface area contributed by atoms with Crippen molar-refractivity contribution in [2.24, 2.45) is 0 Å². The van der Waals surface area contributed by atoms with Gasteiger partial charge in [0.1, 0.15) is 5.75 Å². The van der Waals surface area contributed by atoms with Gasteiger partial charge in [0, 0.05) is 18.2 Å². The van der Waals surface area contributed by atoms with Gasteiger partial charge in [0.2, 0.25) is 0 Å². The minimum absolute atomic E-state index is 0.0737. The smallest absolute Gasteiger partial charge is 0.255 e. The molecular weight excluding hydrogens is 316 g/mol. The van der Waals surface area contributed by atoms with Crippen LogP contribution in [0.25, 0.3) is 0 Å². The summed E-state index contributed by atoms with van der Waals surface area (Å²) in [5.41, 5.74) is 2.92. The summed E-state index contributed by atoms with van der Waals surface area (Å²) < 4.78 is 5.25. The summed E-state index contributed by atoms with van der Waals surface area (Å²) in [6, 6.07) is 12.8. The van der Waals surface area contributed by atoms with Crippen LogP contribution in [0, 0.1) is 6.92 Å². The first-order chi connectivity index (χ1) is 11.9. The quantitative estimate of drug-likeness (QED) is 0.849. The van der Waals surface area contributed by atoms with Crippen molar-refractivity contribution < 1.29 is 14.3 Å². The van der Waals surface area contributed by atoms with E-state index in [2.05, 4.69) is 10.6 Å². The first-order valence-corrected chi connectivity index (χ1v) is 8.23. The van der Waals surface area contributed by atoms with Crippen LogP contribution >= 0.6 is 0 Å². The van der Waals surface area contributed by atoms with Crippen molar-refractivity contribution in [3.63, 3.8) is 0 Å². The molecule has 2 aromatic rings. The van der Waals surface area contributed by atoms with Crippen molar-refractivity contribution in [2.75, 3.05) is 7.11 Å². The molecule has 2 amide bonds. The molecule has 0 unspecified atom stereocenters. The highest BCUT2D eigenvalue weighted by molar-refractivity contribution is 5.97. The van der Waals surface area contributed by atoms with Gasteiger partial charge in [-0.05, 0) is 50.6 Å². The molecule has 0 aliphatic rings. The standard InChI is InChI=1S/C20H24N2O3/c1-13(2)22-19(23)16-7-5-6-15(11-16)12-21-20(24)17-10-14(3)8-9-18(17)25-4/h5-11,13H,12H2,1-4H3,(H,21,24)(H,22,23). The maximum absolute atomic E-state index is 12.4. The number of aryl methyl sites for hydroxylation is 1. The Morgan fingerprint density at radius 2 is 1.84 bits per heavy atom. The molecule has 0 aliphatic carbocycles. The molecule has 0 heterocycles. The molecule has 0 aromatic heterocycles. The van der Waals surface area contributed by atoms with Crippen LogP contribution in [0.2, 0.25) is 0 Å². The van der Waals surface area contributed by atoms with Gasteiger partial charge in [0.25, 0.3) is 11.8 Å². The van der Waals surface area contributed by atoms with E-state index in [9.17, 15) is 9.59 Å². The van der Waals surface area contributed by atoms with Gasteiger partial charge in [-0.15, -0.1) is 0 Å². The minimum Gasteiger partial charge on any atom is -0.496 e. The van der Waals surface area contributed by atoms with E-state index >= 15 is 0 Å². The molecule has 2 rings (SSSR count). The Kier molecular flexibility index (Phi) is 6.17. The molecular formula is C20H24N2O3. The average Bonchev–Trinajstić information content (AvgIpc) is 2.59. The normalized spacial score (nSPS) is 10.4. The molecule has 0 saturated carbocycles. The Morgan fingerprint density at radius 3 is 2.52 bits per heavy atom. The van der Waals surface area contributed by atoms with Crippen LogP contribution in [-0.2, 0) is 6.54 Å². The molecule has 0 atom stereocenters. The zero-order valence-electron chi connectivity index (χ0n) is 15.1. The van der Waals surface area contributed by atoms with E-state index in [1.54, 1.807) is 24.3 Å². The maximum atomic E-state index is 12.4. The predicted octanol–water partition coefficient (Wildman–Crippen LogP) is 3.07. The van der Waals surface area contributed by atoms with Gasteiger partial charge in [0.05, 0.1) is 12.7 Å².